The normalized spacial score (nSPS) is 32.5. The SMILES string of the molecule is C/C(=C\c1csc(C)n1)[C@@H]1C[C@H]2[C@@H](CCCC(C)[C@H](O)[C@@H](C)C(=O)C(C)(C)C(O)CC(=O)O1)N2C(=O)CC(C)C. The number of Topliss-reactive ketones (excluding diaryl/α,β-unsaturated/α-hetero) is 1. The van der Waals surface area contributed by atoms with Crippen molar-refractivity contribution in [1.82, 2.24) is 9.88 Å². The van der Waals surface area contributed by atoms with E-state index in [0.29, 0.717) is 12.8 Å². The summed E-state index contributed by atoms with van der Waals surface area (Å²) in [6.45, 7) is 14.7. The molecular weight excluding hydrogens is 528 g/mol. The van der Waals surface area contributed by atoms with Crippen LogP contribution in [0.1, 0.15) is 97.7 Å². The second-order valence-electron chi connectivity index (χ2n) is 12.9. The Kier molecular flexibility index (Phi) is 10.7. The summed E-state index contributed by atoms with van der Waals surface area (Å²) in [5.41, 5.74) is 0.365. The van der Waals surface area contributed by atoms with E-state index in [1.54, 1.807) is 32.1 Å². The lowest BCUT2D eigenvalue weighted by Gasteiger charge is -2.34. The number of thiazole rings is 1. The van der Waals surface area contributed by atoms with Crippen LogP contribution in [0.4, 0.5) is 0 Å². The lowest BCUT2D eigenvalue weighted by Crippen LogP contribution is -2.45. The van der Waals surface area contributed by atoms with E-state index in [1.165, 1.54) is 0 Å². The van der Waals surface area contributed by atoms with Gasteiger partial charge in [-0.1, -0.05) is 48.0 Å². The summed E-state index contributed by atoms with van der Waals surface area (Å²) in [5, 5.41) is 24.8. The molecule has 40 heavy (non-hydrogen) atoms. The minimum absolute atomic E-state index is 0.0441. The van der Waals surface area contributed by atoms with Crippen molar-refractivity contribution in [3.05, 3.63) is 21.7 Å². The summed E-state index contributed by atoms with van der Waals surface area (Å²) in [7, 11) is 0. The lowest BCUT2D eigenvalue weighted by molar-refractivity contribution is -0.154. The van der Waals surface area contributed by atoms with E-state index >= 15 is 0 Å². The van der Waals surface area contributed by atoms with E-state index in [1.807, 2.05) is 51.0 Å². The molecular formula is C31H48N2O6S. The Bertz CT molecular complexity index is 1100. The van der Waals surface area contributed by atoms with Crippen molar-refractivity contribution in [2.24, 2.45) is 23.2 Å². The molecule has 0 aromatic carbocycles. The maximum atomic E-state index is 13.3. The number of ketones is 1. The van der Waals surface area contributed by atoms with Crippen LogP contribution in [-0.2, 0) is 19.1 Å². The molecule has 2 saturated heterocycles. The van der Waals surface area contributed by atoms with E-state index in [2.05, 4.69) is 4.98 Å². The van der Waals surface area contributed by atoms with Crippen molar-refractivity contribution in [2.75, 3.05) is 0 Å². The molecule has 224 valence electrons. The Morgan fingerprint density at radius 3 is 2.50 bits per heavy atom. The maximum absolute atomic E-state index is 13.3. The highest BCUT2D eigenvalue weighted by Crippen LogP contribution is 2.40. The number of aliphatic hydroxyl groups excluding tert-OH is 2. The summed E-state index contributed by atoms with van der Waals surface area (Å²) in [5.74, 6) is -1.36. The first kappa shape index (κ1) is 32.4. The fourth-order valence-corrected chi connectivity index (χ4v) is 6.49. The number of nitrogens with zero attached hydrogens (tertiary/aromatic N) is 2. The number of cyclic esters (lactones) is 1. The number of hydrogen-bond donors (Lipinski definition) is 2. The second kappa shape index (κ2) is 13.3. The molecule has 3 heterocycles. The molecule has 0 spiro atoms. The molecule has 0 saturated carbocycles. The number of rotatable bonds is 4. The number of aromatic nitrogens is 1. The predicted octanol–water partition coefficient (Wildman–Crippen LogP) is 4.95. The van der Waals surface area contributed by atoms with Crippen LogP contribution in [0, 0.1) is 30.1 Å². The van der Waals surface area contributed by atoms with Crippen molar-refractivity contribution in [1.29, 1.82) is 0 Å². The molecule has 0 bridgehead atoms. The van der Waals surface area contributed by atoms with Gasteiger partial charge >= 0.3 is 5.97 Å². The smallest absolute Gasteiger partial charge is 0.309 e. The summed E-state index contributed by atoms with van der Waals surface area (Å²) in [6, 6.07) is -0.0119. The fourth-order valence-electron chi connectivity index (χ4n) is 5.92. The van der Waals surface area contributed by atoms with Crippen LogP contribution in [-0.4, -0.2) is 68.2 Å². The largest absolute Gasteiger partial charge is 0.458 e. The minimum atomic E-state index is -1.27. The highest BCUT2D eigenvalue weighted by molar-refractivity contribution is 7.09. The monoisotopic (exact) mass is 576 g/mol. The minimum Gasteiger partial charge on any atom is -0.458 e. The first-order valence-corrected chi connectivity index (χ1v) is 15.5. The average Bonchev–Trinajstić information content (AvgIpc) is 3.39. The zero-order valence-electron chi connectivity index (χ0n) is 25.3. The van der Waals surface area contributed by atoms with Gasteiger partial charge in [-0.2, -0.15) is 0 Å². The number of aliphatic hydroxyl groups is 2. The van der Waals surface area contributed by atoms with Crippen LogP contribution in [0.2, 0.25) is 0 Å². The van der Waals surface area contributed by atoms with E-state index in [-0.39, 0.29) is 42.0 Å². The van der Waals surface area contributed by atoms with Crippen LogP contribution in [0.25, 0.3) is 6.08 Å². The molecule has 2 N–H and O–H groups in total. The van der Waals surface area contributed by atoms with Crippen LogP contribution < -0.4 is 0 Å². The zero-order valence-corrected chi connectivity index (χ0v) is 26.2. The van der Waals surface area contributed by atoms with Gasteiger partial charge in [0.15, 0.2) is 0 Å². The molecule has 9 heteroatoms. The average molecular weight is 577 g/mol. The third-order valence-electron chi connectivity index (χ3n) is 8.69. The second-order valence-corrected chi connectivity index (χ2v) is 14.0. The van der Waals surface area contributed by atoms with E-state index in [9.17, 15) is 24.6 Å². The van der Waals surface area contributed by atoms with E-state index < -0.39 is 35.6 Å². The molecule has 2 aliphatic heterocycles. The molecule has 7 atom stereocenters. The molecule has 1 amide bonds. The number of aryl methyl sites for hydroxylation is 1. The van der Waals surface area contributed by atoms with Gasteiger partial charge < -0.3 is 19.8 Å². The molecule has 1 aromatic heterocycles. The van der Waals surface area contributed by atoms with Gasteiger partial charge in [-0.05, 0) is 50.2 Å². The number of ether oxygens (including phenoxy) is 1. The van der Waals surface area contributed by atoms with Crippen LogP contribution >= 0.6 is 11.3 Å². The van der Waals surface area contributed by atoms with Crippen molar-refractivity contribution in [2.45, 2.75) is 124 Å². The molecule has 3 rings (SSSR count). The third-order valence-corrected chi connectivity index (χ3v) is 9.48. The highest BCUT2D eigenvalue weighted by atomic mass is 32.1. The number of carbonyl (C=O) groups excluding carboxylic acids is 3. The van der Waals surface area contributed by atoms with Gasteiger partial charge in [-0.3, -0.25) is 14.4 Å². The number of fused-ring (bicyclic) bond motifs is 1. The molecule has 2 unspecified atom stereocenters. The zero-order chi connectivity index (χ0) is 29.9. The van der Waals surface area contributed by atoms with Crippen LogP contribution in [0.3, 0.4) is 0 Å². The number of carbonyl (C=O) groups is 3. The Morgan fingerprint density at radius 1 is 1.23 bits per heavy atom. The van der Waals surface area contributed by atoms with Crippen molar-refractivity contribution < 1.29 is 29.3 Å². The van der Waals surface area contributed by atoms with Gasteiger partial charge in [0.1, 0.15) is 11.9 Å². The summed E-state index contributed by atoms with van der Waals surface area (Å²) >= 11 is 1.54. The topological polar surface area (TPSA) is 117 Å². The number of esters is 1. The van der Waals surface area contributed by atoms with Gasteiger partial charge in [0.05, 0.1) is 46.8 Å². The molecule has 1 aromatic rings. The van der Waals surface area contributed by atoms with E-state index in [4.69, 9.17) is 4.74 Å². The molecule has 2 aliphatic rings. The van der Waals surface area contributed by atoms with Crippen molar-refractivity contribution in [3.63, 3.8) is 0 Å². The van der Waals surface area contributed by atoms with Gasteiger partial charge in [-0.15, -0.1) is 11.3 Å². The lowest BCUT2D eigenvalue weighted by atomic mass is 9.73. The Balaban J connectivity index is 1.93. The molecule has 8 nitrogen and oxygen atoms in total. The van der Waals surface area contributed by atoms with Gasteiger partial charge in [0, 0.05) is 24.1 Å². The molecule has 0 aliphatic carbocycles. The first-order chi connectivity index (χ1) is 18.6. The summed E-state index contributed by atoms with van der Waals surface area (Å²) in [4.78, 5) is 46.1. The molecule has 0 radical (unpaired) electrons. The summed E-state index contributed by atoms with van der Waals surface area (Å²) in [6.07, 6.45) is 2.05. The maximum Gasteiger partial charge on any atom is 0.309 e. The van der Waals surface area contributed by atoms with E-state index in [0.717, 1.165) is 35.5 Å². The summed E-state index contributed by atoms with van der Waals surface area (Å²) < 4.78 is 5.97. The number of amides is 1. The Labute approximate surface area is 243 Å². The van der Waals surface area contributed by atoms with Crippen molar-refractivity contribution >= 4 is 35.1 Å². The fraction of sp³-hybridized carbons (Fsp3) is 0.742. The standard InChI is InChI=1S/C31H48N2O6S/c1-17(2)12-27(35)33-23-11-9-10-18(3)29(37)20(5)30(38)31(7,8)26(34)15-28(36)39-25(14-24(23)33)19(4)13-22-16-40-21(6)32-22/h13,16-18,20,23-26,29,34,37H,9-12,14-15H2,1-8H3/b19-13+/t18?,20-,23-,24+,25+,26?,29+,33?/m1/s1. The van der Waals surface area contributed by atoms with Crippen molar-refractivity contribution in [3.8, 4) is 0 Å². The quantitative estimate of drug-likeness (QED) is 0.385. The van der Waals surface area contributed by atoms with Crippen LogP contribution in [0.15, 0.2) is 11.0 Å². The third kappa shape index (κ3) is 7.79. The Morgan fingerprint density at radius 2 is 1.90 bits per heavy atom. The van der Waals surface area contributed by atoms with Gasteiger partial charge in [0.2, 0.25) is 5.91 Å². The number of hydrogen-bond acceptors (Lipinski definition) is 8. The Hall–Kier alpha value is -2.10. The first-order valence-electron chi connectivity index (χ1n) is 14.6. The molecule has 2 fully saturated rings. The van der Waals surface area contributed by atoms with Crippen LogP contribution in [0.5, 0.6) is 0 Å². The highest BCUT2D eigenvalue weighted by Gasteiger charge is 2.51. The van der Waals surface area contributed by atoms with Gasteiger partial charge in [-0.25, -0.2) is 4.98 Å². The van der Waals surface area contributed by atoms with Gasteiger partial charge in [0.25, 0.3) is 0 Å². The predicted molar refractivity (Wildman–Crippen MR) is 156 cm³/mol.